The van der Waals surface area contributed by atoms with Gasteiger partial charge in [0.25, 0.3) is 0 Å². The molecule has 2 heterocycles. The molecule has 2 aromatic rings. The van der Waals surface area contributed by atoms with E-state index < -0.39 is 11.7 Å². The van der Waals surface area contributed by atoms with Gasteiger partial charge in [-0.05, 0) is 23.8 Å². The first-order valence-electron chi connectivity index (χ1n) is 8.68. The fourth-order valence-corrected chi connectivity index (χ4v) is 4.55. The summed E-state index contributed by atoms with van der Waals surface area (Å²) < 4.78 is 34.5. The van der Waals surface area contributed by atoms with Crippen molar-refractivity contribution in [3.63, 3.8) is 0 Å². The van der Waals surface area contributed by atoms with Crippen LogP contribution in [-0.4, -0.2) is 11.5 Å². The van der Waals surface area contributed by atoms with E-state index in [2.05, 4.69) is 6.07 Å². The molecule has 0 spiro atoms. The van der Waals surface area contributed by atoms with Crippen LogP contribution in [0.5, 0.6) is 0 Å². The minimum atomic E-state index is -0.619. The van der Waals surface area contributed by atoms with E-state index in [0.717, 1.165) is 11.1 Å². The molecule has 0 bridgehead atoms. The van der Waals surface area contributed by atoms with Gasteiger partial charge in [0.2, 0.25) is 5.88 Å². The first-order chi connectivity index (χ1) is 13.6. The van der Waals surface area contributed by atoms with Crippen molar-refractivity contribution in [2.75, 3.05) is 11.5 Å². The van der Waals surface area contributed by atoms with Crippen LogP contribution in [0, 0.1) is 23.0 Å². The number of thioether (sulfide) groups is 1. The number of nitriles is 1. The van der Waals surface area contributed by atoms with Gasteiger partial charge in [-0.15, -0.1) is 0 Å². The van der Waals surface area contributed by atoms with Crippen molar-refractivity contribution in [1.29, 1.82) is 5.26 Å². The van der Waals surface area contributed by atoms with E-state index in [1.807, 2.05) is 0 Å². The number of allylic oxidation sites excluding steroid dienone is 2. The standard InChI is InChI=1S/C22H16F2N2OS/c23-18-7-3-1-5-13(18)9-14-11-28-12-17-20(15-6-2-4-8-19(15)24)16(10-25)22(26)27-21(14)17/h1-9,20H,11-12,26H2/b14-9+/t20-/m1/s1. The average molecular weight is 394 g/mol. The molecule has 1 atom stereocenters. The molecule has 2 aliphatic rings. The number of nitrogens with two attached hydrogens (primary N) is 1. The van der Waals surface area contributed by atoms with E-state index in [1.54, 1.807) is 54.2 Å². The Labute approximate surface area is 165 Å². The minimum absolute atomic E-state index is 0.0409. The molecular formula is C22H16F2N2OS. The largest absolute Gasteiger partial charge is 0.440 e. The van der Waals surface area contributed by atoms with Crippen LogP contribution in [0.15, 0.2) is 76.9 Å². The SMILES string of the molecule is N#CC1=C(N)OC2=C(CSC/C2=C\c2ccccc2F)[C@@H]1c1ccccc1F. The van der Waals surface area contributed by atoms with Crippen LogP contribution in [-0.2, 0) is 4.74 Å². The smallest absolute Gasteiger partial charge is 0.205 e. The van der Waals surface area contributed by atoms with Crippen LogP contribution in [0.2, 0.25) is 0 Å². The molecule has 2 aromatic carbocycles. The summed E-state index contributed by atoms with van der Waals surface area (Å²) >= 11 is 1.61. The van der Waals surface area contributed by atoms with Crippen molar-refractivity contribution < 1.29 is 13.5 Å². The number of rotatable bonds is 2. The first-order valence-corrected chi connectivity index (χ1v) is 9.84. The van der Waals surface area contributed by atoms with Crippen molar-refractivity contribution in [2.24, 2.45) is 5.73 Å². The second-order valence-electron chi connectivity index (χ2n) is 6.48. The molecule has 6 heteroatoms. The second kappa shape index (κ2) is 7.53. The van der Waals surface area contributed by atoms with E-state index in [4.69, 9.17) is 10.5 Å². The van der Waals surface area contributed by atoms with Gasteiger partial charge < -0.3 is 10.5 Å². The van der Waals surface area contributed by atoms with Gasteiger partial charge in [-0.3, -0.25) is 0 Å². The van der Waals surface area contributed by atoms with Crippen LogP contribution < -0.4 is 5.73 Å². The number of nitrogens with zero attached hydrogens (tertiary/aromatic N) is 1. The maximum Gasteiger partial charge on any atom is 0.205 e. The highest BCUT2D eigenvalue weighted by Crippen LogP contribution is 2.46. The van der Waals surface area contributed by atoms with Crippen LogP contribution in [0.4, 0.5) is 8.78 Å². The minimum Gasteiger partial charge on any atom is -0.440 e. The summed E-state index contributed by atoms with van der Waals surface area (Å²) in [6, 6.07) is 14.9. The van der Waals surface area contributed by atoms with Gasteiger partial charge in [0.1, 0.15) is 29.0 Å². The summed E-state index contributed by atoms with van der Waals surface area (Å²) in [6.45, 7) is 0. The topological polar surface area (TPSA) is 59.0 Å². The zero-order valence-electron chi connectivity index (χ0n) is 14.8. The Balaban J connectivity index is 1.88. The summed E-state index contributed by atoms with van der Waals surface area (Å²) in [5.41, 5.74) is 8.57. The molecule has 28 heavy (non-hydrogen) atoms. The van der Waals surface area contributed by atoms with Crippen LogP contribution in [0.3, 0.4) is 0 Å². The van der Waals surface area contributed by atoms with E-state index in [1.165, 1.54) is 12.1 Å². The maximum atomic E-state index is 14.6. The van der Waals surface area contributed by atoms with Crippen molar-refractivity contribution in [2.45, 2.75) is 5.92 Å². The van der Waals surface area contributed by atoms with Gasteiger partial charge in [-0.2, -0.15) is 17.0 Å². The van der Waals surface area contributed by atoms with Crippen LogP contribution >= 0.6 is 11.8 Å². The zero-order chi connectivity index (χ0) is 19.7. The Bertz CT molecular complexity index is 1080. The lowest BCUT2D eigenvalue weighted by molar-refractivity contribution is 0.287. The molecule has 140 valence electrons. The van der Waals surface area contributed by atoms with Crippen molar-refractivity contribution in [3.05, 3.63) is 99.7 Å². The molecule has 0 saturated carbocycles. The van der Waals surface area contributed by atoms with Crippen LogP contribution in [0.25, 0.3) is 6.08 Å². The summed E-state index contributed by atoms with van der Waals surface area (Å²) in [4.78, 5) is 0. The third kappa shape index (κ3) is 3.19. The monoisotopic (exact) mass is 394 g/mol. The Morgan fingerprint density at radius 1 is 1.07 bits per heavy atom. The molecule has 0 amide bonds. The van der Waals surface area contributed by atoms with Gasteiger partial charge in [-0.1, -0.05) is 36.4 Å². The Hall–Kier alpha value is -3.04. The average Bonchev–Trinajstić information content (AvgIpc) is 2.70. The highest BCUT2D eigenvalue weighted by molar-refractivity contribution is 7.99. The lowest BCUT2D eigenvalue weighted by Crippen LogP contribution is -2.26. The van der Waals surface area contributed by atoms with Crippen molar-refractivity contribution >= 4 is 17.8 Å². The fourth-order valence-electron chi connectivity index (χ4n) is 3.49. The molecule has 0 fully saturated rings. The Morgan fingerprint density at radius 2 is 1.79 bits per heavy atom. The zero-order valence-corrected chi connectivity index (χ0v) is 15.6. The number of ether oxygens (including phenoxy) is 1. The summed E-state index contributed by atoms with van der Waals surface area (Å²) in [5, 5.41) is 9.63. The van der Waals surface area contributed by atoms with E-state index in [0.29, 0.717) is 28.4 Å². The summed E-state index contributed by atoms with van der Waals surface area (Å²) in [5.74, 6) is 0.278. The van der Waals surface area contributed by atoms with Crippen molar-refractivity contribution in [3.8, 4) is 6.07 Å². The molecule has 0 unspecified atom stereocenters. The highest BCUT2D eigenvalue weighted by atomic mass is 32.2. The van der Waals surface area contributed by atoms with Gasteiger partial charge in [0.05, 0.1) is 5.92 Å². The van der Waals surface area contributed by atoms with Crippen LogP contribution in [0.1, 0.15) is 17.0 Å². The molecule has 4 rings (SSSR count). The van der Waals surface area contributed by atoms with Gasteiger partial charge in [0, 0.05) is 28.2 Å². The Morgan fingerprint density at radius 3 is 2.50 bits per heavy atom. The number of hydrogen-bond acceptors (Lipinski definition) is 4. The van der Waals surface area contributed by atoms with Gasteiger partial charge in [-0.25, -0.2) is 8.78 Å². The predicted molar refractivity (Wildman–Crippen MR) is 106 cm³/mol. The second-order valence-corrected chi connectivity index (χ2v) is 7.47. The predicted octanol–water partition coefficient (Wildman–Crippen LogP) is 4.86. The highest BCUT2D eigenvalue weighted by Gasteiger charge is 2.37. The number of halogens is 2. The lowest BCUT2D eigenvalue weighted by atomic mass is 9.82. The van der Waals surface area contributed by atoms with Crippen molar-refractivity contribution in [1.82, 2.24) is 0 Å². The molecule has 0 saturated heterocycles. The molecule has 2 N–H and O–H groups in total. The summed E-state index contributed by atoms with van der Waals surface area (Å²) in [6.07, 6.45) is 1.72. The molecule has 2 aliphatic heterocycles. The number of benzene rings is 2. The van der Waals surface area contributed by atoms with E-state index >= 15 is 0 Å². The molecule has 3 nitrogen and oxygen atoms in total. The quantitative estimate of drug-likeness (QED) is 0.791. The van der Waals surface area contributed by atoms with E-state index in [9.17, 15) is 14.0 Å². The molecular weight excluding hydrogens is 378 g/mol. The molecule has 0 aliphatic carbocycles. The first kappa shape index (κ1) is 18.3. The molecule has 0 aromatic heterocycles. The van der Waals surface area contributed by atoms with Gasteiger partial charge >= 0.3 is 0 Å². The third-order valence-electron chi connectivity index (χ3n) is 4.78. The van der Waals surface area contributed by atoms with Gasteiger partial charge in [0.15, 0.2) is 0 Å². The third-order valence-corrected chi connectivity index (χ3v) is 5.81. The molecule has 0 radical (unpaired) electrons. The Kier molecular flexibility index (Phi) is 4.93. The van der Waals surface area contributed by atoms with E-state index in [-0.39, 0.29) is 17.3 Å². The lowest BCUT2D eigenvalue weighted by Gasteiger charge is -2.33. The fraction of sp³-hybridized carbons (Fsp3) is 0.136. The normalized spacial score (nSPS) is 20.6. The number of hydrogen-bond donors (Lipinski definition) is 1. The summed E-state index contributed by atoms with van der Waals surface area (Å²) in [7, 11) is 0. The maximum absolute atomic E-state index is 14.6.